The van der Waals surface area contributed by atoms with Crippen LogP contribution in [0, 0.1) is 23.0 Å². The average molecular weight is 664 g/mol. The van der Waals surface area contributed by atoms with E-state index < -0.39 is 11.9 Å². The van der Waals surface area contributed by atoms with Gasteiger partial charge in [0.1, 0.15) is 17.7 Å². The summed E-state index contributed by atoms with van der Waals surface area (Å²) in [5.74, 6) is -0.884. The first-order valence-corrected chi connectivity index (χ1v) is 15.7. The molecule has 0 saturated carbocycles. The minimum absolute atomic E-state index is 0.0529. The van der Waals surface area contributed by atoms with Crippen LogP contribution < -0.4 is 21.6 Å². The highest BCUT2D eigenvalue weighted by molar-refractivity contribution is 6.36. The quantitative estimate of drug-likeness (QED) is 0.166. The molecule has 0 aliphatic carbocycles. The van der Waals surface area contributed by atoms with Crippen LogP contribution in [0.3, 0.4) is 0 Å². The lowest BCUT2D eigenvalue weighted by Gasteiger charge is -2.42. The van der Waals surface area contributed by atoms with Gasteiger partial charge in [-0.3, -0.25) is 14.9 Å². The minimum atomic E-state index is -0.550. The molecule has 2 saturated heterocycles. The SMILES string of the molecule is N#Cc1cnc2c(Cl)cc(N[C@H](C3=CN(C4CCN(C5COC5)CC4)NN3)c3ccc(F)cc3)cc2c1Nc1ccc(F)c(Cl)c1. The topological polar surface area (TPSA) is 101 Å². The van der Waals surface area contributed by atoms with Gasteiger partial charge in [0.15, 0.2) is 0 Å². The maximum absolute atomic E-state index is 14.0. The molecule has 4 N–H and O–H groups in total. The summed E-state index contributed by atoms with van der Waals surface area (Å²) >= 11 is 12.8. The first-order chi connectivity index (χ1) is 22.4. The fourth-order valence-corrected chi connectivity index (χ4v) is 6.54. The predicted octanol–water partition coefficient (Wildman–Crippen LogP) is 6.62. The van der Waals surface area contributed by atoms with Crippen molar-refractivity contribution < 1.29 is 13.5 Å². The number of anilines is 3. The second-order valence-corrected chi connectivity index (χ2v) is 12.4. The van der Waals surface area contributed by atoms with E-state index in [0.29, 0.717) is 45.1 Å². The summed E-state index contributed by atoms with van der Waals surface area (Å²) in [6.07, 6.45) is 5.51. The Kier molecular flexibility index (Phi) is 8.55. The molecule has 4 aromatic rings. The fourth-order valence-electron chi connectivity index (χ4n) is 6.09. The highest BCUT2D eigenvalue weighted by atomic mass is 35.5. The smallest absolute Gasteiger partial charge is 0.141 e. The van der Waals surface area contributed by atoms with Gasteiger partial charge in [-0.2, -0.15) is 5.26 Å². The molecule has 0 spiro atoms. The third kappa shape index (κ3) is 6.15. The van der Waals surface area contributed by atoms with E-state index >= 15 is 0 Å². The van der Waals surface area contributed by atoms with E-state index in [2.05, 4.69) is 48.8 Å². The van der Waals surface area contributed by atoms with Gasteiger partial charge in [-0.05, 0) is 60.9 Å². The molecule has 13 heteroatoms. The number of hydrazine groups is 2. The van der Waals surface area contributed by atoms with Crippen molar-refractivity contribution >= 4 is 51.2 Å². The predicted molar refractivity (Wildman–Crippen MR) is 174 cm³/mol. The number of nitriles is 1. The summed E-state index contributed by atoms with van der Waals surface area (Å²) in [7, 11) is 0. The standard InChI is InChI=1S/C33H30Cl2F2N8O/c34-27-12-22(5-6-29(27)37)40-31-20(14-38)15-39-33-26(31)11-23(13-28(33)35)41-32(19-1-3-21(36)4-2-19)30-16-45(43-42-30)24-7-9-44(10-8-24)25-17-46-18-25/h1-6,11-13,15-16,24-25,32,41-43H,7-10,17-18H2,(H,39,40)/t32-/m0/s1. The van der Waals surface area contributed by atoms with E-state index in [-0.39, 0.29) is 16.4 Å². The molecule has 1 aromatic heterocycles. The lowest BCUT2D eigenvalue weighted by Crippen LogP contribution is -2.55. The van der Waals surface area contributed by atoms with Crippen LogP contribution in [0.2, 0.25) is 10.0 Å². The van der Waals surface area contributed by atoms with Crippen molar-refractivity contribution in [1.29, 1.82) is 5.26 Å². The lowest BCUT2D eigenvalue weighted by molar-refractivity contribution is -0.0760. The Bertz CT molecular complexity index is 1840. The lowest BCUT2D eigenvalue weighted by atomic mass is 10.0. The molecule has 1 atom stereocenters. The summed E-state index contributed by atoms with van der Waals surface area (Å²) in [5.41, 5.74) is 10.6. The van der Waals surface area contributed by atoms with Gasteiger partial charge in [0.25, 0.3) is 0 Å². The van der Waals surface area contributed by atoms with Crippen molar-refractivity contribution in [2.75, 3.05) is 36.9 Å². The van der Waals surface area contributed by atoms with Crippen molar-refractivity contribution in [1.82, 2.24) is 25.9 Å². The van der Waals surface area contributed by atoms with Gasteiger partial charge in [0, 0.05) is 48.3 Å². The molecular formula is C33H30Cl2F2N8O. The van der Waals surface area contributed by atoms with Gasteiger partial charge in [0.2, 0.25) is 0 Å². The van der Waals surface area contributed by atoms with Crippen LogP contribution in [0.15, 0.2) is 72.7 Å². The zero-order valence-electron chi connectivity index (χ0n) is 24.5. The second kappa shape index (κ2) is 12.9. The van der Waals surface area contributed by atoms with E-state index in [1.165, 1.54) is 36.5 Å². The molecule has 4 heterocycles. The summed E-state index contributed by atoms with van der Waals surface area (Å²) in [6.45, 7) is 3.64. The number of piperidine rings is 1. The van der Waals surface area contributed by atoms with Crippen LogP contribution in [0.1, 0.15) is 30.0 Å². The Morgan fingerprint density at radius 1 is 0.978 bits per heavy atom. The van der Waals surface area contributed by atoms with Crippen LogP contribution in [0.4, 0.5) is 25.8 Å². The molecule has 3 aliphatic rings. The van der Waals surface area contributed by atoms with Crippen molar-refractivity contribution in [3.8, 4) is 6.07 Å². The number of halogens is 4. The Labute approximate surface area is 274 Å². The number of rotatable bonds is 8. The highest BCUT2D eigenvalue weighted by Crippen LogP contribution is 2.37. The van der Waals surface area contributed by atoms with Gasteiger partial charge >= 0.3 is 0 Å². The van der Waals surface area contributed by atoms with Crippen molar-refractivity contribution in [2.45, 2.75) is 31.0 Å². The number of benzene rings is 3. The van der Waals surface area contributed by atoms with Gasteiger partial charge in [0.05, 0.1) is 57.8 Å². The zero-order chi connectivity index (χ0) is 31.8. The van der Waals surface area contributed by atoms with E-state index in [4.69, 9.17) is 27.9 Å². The molecule has 0 amide bonds. The Balaban J connectivity index is 1.20. The number of fused-ring (bicyclic) bond motifs is 1. The fraction of sp³-hybridized carbons (Fsp3) is 0.273. The maximum Gasteiger partial charge on any atom is 0.141 e. The number of pyridine rings is 1. The molecule has 2 fully saturated rings. The van der Waals surface area contributed by atoms with Gasteiger partial charge < -0.3 is 20.8 Å². The molecule has 3 aliphatic heterocycles. The third-order valence-electron chi connectivity index (χ3n) is 8.70. The number of likely N-dealkylation sites (tertiary alicyclic amines) is 1. The summed E-state index contributed by atoms with van der Waals surface area (Å²) in [6, 6.07) is 16.7. The van der Waals surface area contributed by atoms with Crippen LogP contribution in [0.25, 0.3) is 10.9 Å². The van der Waals surface area contributed by atoms with Gasteiger partial charge in [-0.15, -0.1) is 5.53 Å². The van der Waals surface area contributed by atoms with Crippen molar-refractivity contribution in [2.24, 2.45) is 0 Å². The molecule has 236 valence electrons. The monoisotopic (exact) mass is 662 g/mol. The maximum atomic E-state index is 14.0. The molecule has 0 bridgehead atoms. The zero-order valence-corrected chi connectivity index (χ0v) is 26.0. The van der Waals surface area contributed by atoms with Crippen molar-refractivity contribution in [3.05, 3.63) is 105 Å². The number of nitrogens with zero attached hydrogens (tertiary/aromatic N) is 4. The van der Waals surface area contributed by atoms with Crippen LogP contribution in [-0.2, 0) is 4.74 Å². The third-order valence-corrected chi connectivity index (χ3v) is 9.27. The number of ether oxygens (including phenoxy) is 1. The molecule has 9 nitrogen and oxygen atoms in total. The molecule has 7 rings (SSSR count). The molecule has 0 radical (unpaired) electrons. The normalized spacial score (nSPS) is 18.1. The molecule has 3 aromatic carbocycles. The van der Waals surface area contributed by atoms with E-state index in [1.54, 1.807) is 18.2 Å². The summed E-state index contributed by atoms with van der Waals surface area (Å²) in [4.78, 5) is 6.94. The Hall–Kier alpha value is -4.18. The van der Waals surface area contributed by atoms with Gasteiger partial charge in [-0.1, -0.05) is 35.3 Å². The molecule has 0 unspecified atom stereocenters. The van der Waals surface area contributed by atoms with Crippen molar-refractivity contribution in [3.63, 3.8) is 0 Å². The molecule has 46 heavy (non-hydrogen) atoms. The first kappa shape index (κ1) is 30.5. The molecular weight excluding hydrogens is 633 g/mol. The van der Waals surface area contributed by atoms with Gasteiger partial charge in [-0.25, -0.2) is 8.78 Å². The Morgan fingerprint density at radius 3 is 2.43 bits per heavy atom. The number of nitrogens with one attached hydrogen (secondary N) is 4. The summed E-state index contributed by atoms with van der Waals surface area (Å²) in [5, 5.41) is 19.7. The first-order valence-electron chi connectivity index (χ1n) is 15.0. The average Bonchev–Trinajstić information content (AvgIpc) is 3.52. The number of aromatic nitrogens is 1. The van der Waals surface area contributed by atoms with E-state index in [9.17, 15) is 14.0 Å². The largest absolute Gasteiger partial charge is 0.378 e. The van der Waals surface area contributed by atoms with E-state index in [0.717, 1.165) is 50.4 Å². The van der Waals surface area contributed by atoms with E-state index in [1.807, 2.05) is 6.07 Å². The van der Waals surface area contributed by atoms with Crippen LogP contribution in [-0.4, -0.2) is 53.3 Å². The number of hydrogen-bond donors (Lipinski definition) is 4. The Morgan fingerprint density at radius 2 is 1.74 bits per heavy atom. The second-order valence-electron chi connectivity index (χ2n) is 11.6. The van der Waals surface area contributed by atoms with Crippen LogP contribution in [0.5, 0.6) is 0 Å². The minimum Gasteiger partial charge on any atom is -0.378 e. The van der Waals surface area contributed by atoms with Crippen LogP contribution >= 0.6 is 23.2 Å². The number of hydrogen-bond acceptors (Lipinski definition) is 9. The summed E-state index contributed by atoms with van der Waals surface area (Å²) < 4.78 is 33.2. The highest BCUT2D eigenvalue weighted by Gasteiger charge is 2.33.